The summed E-state index contributed by atoms with van der Waals surface area (Å²) in [5.41, 5.74) is 1.19. The second-order valence-electron chi connectivity index (χ2n) is 5.42. The van der Waals surface area contributed by atoms with E-state index in [1.165, 1.54) is 5.69 Å². The Morgan fingerprint density at radius 1 is 1.48 bits per heavy atom. The van der Waals surface area contributed by atoms with Crippen LogP contribution in [0.4, 0.5) is 0 Å². The number of aliphatic imine (C=N–C) groups is 1. The number of nitrogens with one attached hydrogen (secondary N) is 1. The molecule has 21 heavy (non-hydrogen) atoms. The minimum atomic E-state index is 0. The molecule has 1 aromatic heterocycles. The van der Waals surface area contributed by atoms with Gasteiger partial charge in [0.15, 0.2) is 5.96 Å². The molecule has 3 heterocycles. The Balaban J connectivity index is 0.00000161. The van der Waals surface area contributed by atoms with E-state index in [1.54, 1.807) is 0 Å². The van der Waals surface area contributed by atoms with Crippen molar-refractivity contribution in [2.75, 3.05) is 33.3 Å². The largest absolute Gasteiger partial charge is 0.372 e. The molecule has 0 radical (unpaired) electrons. The molecule has 6 nitrogen and oxygen atoms in total. The van der Waals surface area contributed by atoms with Crippen LogP contribution in [-0.2, 0) is 11.3 Å². The number of hydrogen-bond acceptors (Lipinski definition) is 5. The average molecular weight is 405 g/mol. The lowest BCUT2D eigenvalue weighted by atomic mass is 9.99. The number of guanidine groups is 1. The molecule has 1 aromatic rings. The topological polar surface area (TPSA) is 54.7 Å². The molecule has 0 unspecified atom stereocenters. The van der Waals surface area contributed by atoms with Crippen LogP contribution >= 0.6 is 24.0 Å². The summed E-state index contributed by atoms with van der Waals surface area (Å²) in [4.78, 5) is 6.64. The summed E-state index contributed by atoms with van der Waals surface area (Å²) in [6.07, 6.45) is 3.10. The molecule has 1 fully saturated rings. The predicted molar refractivity (Wildman–Crippen MR) is 93.1 cm³/mol. The van der Waals surface area contributed by atoms with Gasteiger partial charge >= 0.3 is 0 Å². The molecule has 3 rings (SSSR count). The number of halogens is 1. The summed E-state index contributed by atoms with van der Waals surface area (Å²) in [5.74, 6) is 1.49. The summed E-state index contributed by atoms with van der Waals surface area (Å²) in [5, 5.41) is 7.82. The normalized spacial score (nSPS) is 24.9. The number of hydrogen-bond donors (Lipinski definition) is 1. The maximum atomic E-state index is 5.94. The van der Waals surface area contributed by atoms with Crippen LogP contribution in [-0.4, -0.2) is 53.9 Å². The first-order chi connectivity index (χ1) is 9.79. The van der Waals surface area contributed by atoms with E-state index in [4.69, 9.17) is 4.74 Å². The van der Waals surface area contributed by atoms with E-state index in [-0.39, 0.29) is 30.1 Å². The van der Waals surface area contributed by atoms with Crippen LogP contribution in [0.2, 0.25) is 0 Å². The van der Waals surface area contributed by atoms with Gasteiger partial charge in [0, 0.05) is 45.4 Å². The van der Waals surface area contributed by atoms with E-state index in [0.29, 0.717) is 5.92 Å². The zero-order chi connectivity index (χ0) is 13.9. The Morgan fingerprint density at radius 2 is 2.33 bits per heavy atom. The third-order valence-electron chi connectivity index (χ3n) is 4.14. The highest BCUT2D eigenvalue weighted by atomic mass is 127. The molecule has 2 aliphatic heterocycles. The number of likely N-dealkylation sites (N-methyl/N-ethyl adjacent to an activating group) is 1. The average Bonchev–Trinajstić information content (AvgIpc) is 3.16. The molecule has 118 valence electrons. The number of aromatic nitrogens is 2. The van der Waals surface area contributed by atoms with Gasteiger partial charge in [-0.1, -0.05) is 0 Å². The first-order valence-corrected chi connectivity index (χ1v) is 7.42. The van der Waals surface area contributed by atoms with Gasteiger partial charge in [-0.15, -0.1) is 24.0 Å². The lowest BCUT2D eigenvalue weighted by Gasteiger charge is -2.22. The number of aryl methyl sites for hydroxylation is 1. The lowest BCUT2D eigenvalue weighted by molar-refractivity contribution is 0.0839. The second kappa shape index (κ2) is 7.44. The first-order valence-electron chi connectivity index (χ1n) is 7.42. The molecule has 7 heteroatoms. The van der Waals surface area contributed by atoms with Gasteiger partial charge in [0.1, 0.15) is 6.10 Å². The van der Waals surface area contributed by atoms with Crippen LogP contribution in [0.3, 0.4) is 0 Å². The van der Waals surface area contributed by atoms with Crippen molar-refractivity contribution >= 4 is 29.9 Å². The van der Waals surface area contributed by atoms with E-state index < -0.39 is 0 Å². The smallest absolute Gasteiger partial charge is 0.193 e. The molecule has 0 amide bonds. The van der Waals surface area contributed by atoms with E-state index >= 15 is 0 Å². The van der Waals surface area contributed by atoms with Gasteiger partial charge < -0.3 is 15.0 Å². The van der Waals surface area contributed by atoms with E-state index in [9.17, 15) is 0 Å². The highest BCUT2D eigenvalue weighted by molar-refractivity contribution is 14.0. The van der Waals surface area contributed by atoms with Crippen molar-refractivity contribution in [3.8, 4) is 0 Å². The van der Waals surface area contributed by atoms with Crippen LogP contribution in [0.25, 0.3) is 0 Å². The molecule has 1 N–H and O–H groups in total. The van der Waals surface area contributed by atoms with Crippen LogP contribution in [0, 0.1) is 5.92 Å². The third kappa shape index (κ3) is 3.50. The SMILES string of the molecule is CCn1nccc1[C@@H]1OCC[C@H]1CNC1=NCCN1C.I. The fourth-order valence-electron chi connectivity index (χ4n) is 2.96. The molecular weight excluding hydrogens is 381 g/mol. The van der Waals surface area contributed by atoms with E-state index in [2.05, 4.69) is 40.3 Å². The molecule has 0 aromatic carbocycles. The van der Waals surface area contributed by atoms with Gasteiger partial charge in [-0.25, -0.2) is 0 Å². The number of rotatable bonds is 4. The molecule has 2 atom stereocenters. The van der Waals surface area contributed by atoms with Gasteiger partial charge in [0.25, 0.3) is 0 Å². The van der Waals surface area contributed by atoms with Crippen LogP contribution < -0.4 is 5.32 Å². The number of nitrogens with zero attached hydrogens (tertiary/aromatic N) is 4. The zero-order valence-corrected chi connectivity index (χ0v) is 15.0. The van der Waals surface area contributed by atoms with Crippen molar-refractivity contribution < 1.29 is 4.74 Å². The maximum absolute atomic E-state index is 5.94. The summed E-state index contributed by atoms with van der Waals surface area (Å²) < 4.78 is 7.97. The molecule has 0 saturated carbocycles. The Bertz CT molecular complexity index is 489. The van der Waals surface area contributed by atoms with Crippen molar-refractivity contribution in [1.82, 2.24) is 20.0 Å². The Kier molecular flexibility index (Phi) is 5.86. The lowest BCUT2D eigenvalue weighted by Crippen LogP contribution is -2.38. The molecular formula is C14H24IN5O. The standard InChI is InChI=1S/C14H23N5O.HI/c1-3-19-12(4-6-17-19)13-11(5-9-20-13)10-16-14-15-7-8-18(14)2;/h4,6,11,13H,3,5,7-10H2,1-2H3,(H,15,16);1H/t11-,13+;/m0./s1. The van der Waals surface area contributed by atoms with Gasteiger partial charge in [-0.05, 0) is 19.4 Å². The van der Waals surface area contributed by atoms with Crippen molar-refractivity contribution in [3.63, 3.8) is 0 Å². The molecule has 2 aliphatic rings. The van der Waals surface area contributed by atoms with Gasteiger partial charge in [-0.2, -0.15) is 5.10 Å². The molecule has 0 bridgehead atoms. The van der Waals surface area contributed by atoms with Crippen molar-refractivity contribution in [1.29, 1.82) is 0 Å². The van der Waals surface area contributed by atoms with Gasteiger partial charge in [0.2, 0.25) is 0 Å². The minimum absolute atomic E-state index is 0. The predicted octanol–water partition coefficient (Wildman–Crippen LogP) is 1.49. The monoisotopic (exact) mass is 405 g/mol. The summed E-state index contributed by atoms with van der Waals surface area (Å²) in [7, 11) is 2.08. The Morgan fingerprint density at radius 3 is 3.05 bits per heavy atom. The molecule has 0 aliphatic carbocycles. The van der Waals surface area contributed by atoms with Crippen LogP contribution in [0.15, 0.2) is 17.3 Å². The highest BCUT2D eigenvalue weighted by Crippen LogP contribution is 2.33. The molecule has 0 spiro atoms. The maximum Gasteiger partial charge on any atom is 0.193 e. The molecule has 1 saturated heterocycles. The van der Waals surface area contributed by atoms with Crippen LogP contribution in [0.1, 0.15) is 25.1 Å². The fourth-order valence-corrected chi connectivity index (χ4v) is 2.96. The van der Waals surface area contributed by atoms with Gasteiger partial charge in [-0.3, -0.25) is 9.67 Å². The van der Waals surface area contributed by atoms with Gasteiger partial charge in [0.05, 0.1) is 12.2 Å². The number of ether oxygens (including phenoxy) is 1. The van der Waals surface area contributed by atoms with Crippen molar-refractivity contribution in [2.45, 2.75) is 26.0 Å². The van der Waals surface area contributed by atoms with E-state index in [0.717, 1.165) is 45.2 Å². The minimum Gasteiger partial charge on any atom is -0.372 e. The van der Waals surface area contributed by atoms with E-state index in [1.807, 2.05) is 10.9 Å². The van der Waals surface area contributed by atoms with Crippen molar-refractivity contribution in [3.05, 3.63) is 18.0 Å². The summed E-state index contributed by atoms with van der Waals surface area (Å²) in [6, 6.07) is 2.08. The second-order valence-corrected chi connectivity index (χ2v) is 5.42. The summed E-state index contributed by atoms with van der Waals surface area (Å²) >= 11 is 0. The Labute approximate surface area is 143 Å². The quantitative estimate of drug-likeness (QED) is 0.772. The zero-order valence-electron chi connectivity index (χ0n) is 12.7. The highest BCUT2D eigenvalue weighted by Gasteiger charge is 2.32. The van der Waals surface area contributed by atoms with Crippen LogP contribution in [0.5, 0.6) is 0 Å². The third-order valence-corrected chi connectivity index (χ3v) is 4.14. The Hall–Kier alpha value is -0.830. The fraction of sp³-hybridized carbons (Fsp3) is 0.714. The first kappa shape index (κ1) is 16.5. The summed E-state index contributed by atoms with van der Waals surface area (Å²) in [6.45, 7) is 6.64. The van der Waals surface area contributed by atoms with Crippen molar-refractivity contribution in [2.24, 2.45) is 10.9 Å².